The van der Waals surface area contributed by atoms with Gasteiger partial charge in [0, 0.05) is 0 Å². The van der Waals surface area contributed by atoms with Gasteiger partial charge in [-0.25, -0.2) is 0 Å². The van der Waals surface area contributed by atoms with Crippen LogP contribution in [0, 0.1) is 5.92 Å². The van der Waals surface area contributed by atoms with Crippen LogP contribution in [0.1, 0.15) is 20.3 Å². The van der Waals surface area contributed by atoms with Crippen molar-refractivity contribution in [1.82, 2.24) is 0 Å². The molecule has 0 heterocycles. The van der Waals surface area contributed by atoms with Gasteiger partial charge in [0.1, 0.15) is 0 Å². The Bertz CT molecular complexity index is 129. The number of rotatable bonds is 4. The highest BCUT2D eigenvalue weighted by Gasteiger charge is 2.06. The van der Waals surface area contributed by atoms with Crippen LogP contribution >= 0.6 is 7.57 Å². The highest BCUT2D eigenvalue weighted by Crippen LogP contribution is 2.35. The zero-order chi connectivity index (χ0) is 8.20. The number of hydrogen-bond acceptors (Lipinski definition) is 3. The lowest BCUT2D eigenvalue weighted by molar-refractivity contribution is 0.212. The summed E-state index contributed by atoms with van der Waals surface area (Å²) in [6.45, 7) is 4.38. The summed E-state index contributed by atoms with van der Waals surface area (Å²) in [5.41, 5.74) is 0. The fourth-order valence-corrected chi connectivity index (χ4v) is 0.858. The van der Waals surface area contributed by atoms with Gasteiger partial charge in [0.05, 0.1) is 6.61 Å². The van der Waals surface area contributed by atoms with Gasteiger partial charge in [-0.2, -0.15) is 0 Å². The molecule has 0 aliphatic rings. The maximum Gasteiger partial charge on any atom is 0.245 e. The smallest absolute Gasteiger partial charge is 0.245 e. The van der Waals surface area contributed by atoms with Gasteiger partial charge < -0.3 is 14.3 Å². The molecule has 0 aliphatic heterocycles. The van der Waals surface area contributed by atoms with Crippen molar-refractivity contribution in [2.75, 3.05) is 6.61 Å². The van der Waals surface area contributed by atoms with Crippen molar-refractivity contribution in [2.45, 2.75) is 20.3 Å². The molecule has 0 aromatic heterocycles. The highest BCUT2D eigenvalue weighted by atomic mass is 31.2. The molecule has 0 amide bonds. The van der Waals surface area contributed by atoms with Gasteiger partial charge in [0.2, 0.25) is 7.57 Å². The minimum atomic E-state index is -3.23. The Kier molecular flexibility index (Phi) is 4.22. The fourth-order valence-electron chi connectivity index (χ4n) is 0.364. The fraction of sp³-hybridized carbons (Fsp3) is 0.833. The molecule has 0 aromatic carbocycles. The van der Waals surface area contributed by atoms with Crippen LogP contribution < -0.4 is 0 Å². The van der Waals surface area contributed by atoms with E-state index in [-0.39, 0.29) is 0 Å². The van der Waals surface area contributed by atoms with Gasteiger partial charge in [-0.3, -0.25) is 0 Å². The Labute approximate surface area is 61.9 Å². The second-order valence-electron chi connectivity index (χ2n) is 2.47. The molecule has 0 unspecified atom stereocenters. The average Bonchev–Trinajstić information content (AvgIpc) is 1.81. The summed E-state index contributed by atoms with van der Waals surface area (Å²) in [5, 5.41) is 0. The maximum atomic E-state index is 8.70. The zero-order valence-electron chi connectivity index (χ0n) is 6.45. The SMILES string of the molecule is C=P(O)(O)OC[C@@H](C)CC. The van der Waals surface area contributed by atoms with Crippen LogP contribution in [0.15, 0.2) is 0 Å². The van der Waals surface area contributed by atoms with E-state index < -0.39 is 7.57 Å². The molecule has 10 heavy (non-hydrogen) atoms. The van der Waals surface area contributed by atoms with Gasteiger partial charge in [0.15, 0.2) is 0 Å². The molecule has 0 bridgehead atoms. The van der Waals surface area contributed by atoms with Crippen LogP contribution in [0.3, 0.4) is 0 Å². The third-order valence-corrected chi connectivity index (χ3v) is 1.83. The molecule has 0 saturated heterocycles. The van der Waals surface area contributed by atoms with Crippen molar-refractivity contribution in [3.63, 3.8) is 0 Å². The van der Waals surface area contributed by atoms with E-state index in [4.69, 9.17) is 14.3 Å². The lowest BCUT2D eigenvalue weighted by Gasteiger charge is -2.13. The first kappa shape index (κ1) is 10.2. The largest absolute Gasteiger partial charge is 0.333 e. The van der Waals surface area contributed by atoms with Crippen LogP contribution in [0.5, 0.6) is 0 Å². The quantitative estimate of drug-likeness (QED) is 0.617. The average molecular weight is 166 g/mol. The third-order valence-electron chi connectivity index (χ3n) is 1.26. The molecule has 0 fully saturated rings. The van der Waals surface area contributed by atoms with Crippen LogP contribution in [0.4, 0.5) is 0 Å². The van der Waals surface area contributed by atoms with Gasteiger partial charge in [0.25, 0.3) is 0 Å². The summed E-state index contributed by atoms with van der Waals surface area (Å²) in [7, 11) is -3.23. The molecule has 0 aliphatic carbocycles. The first-order valence-electron chi connectivity index (χ1n) is 3.29. The summed E-state index contributed by atoms with van der Waals surface area (Å²) in [6.07, 6.45) is 4.05. The van der Waals surface area contributed by atoms with Crippen molar-refractivity contribution in [3.8, 4) is 0 Å². The van der Waals surface area contributed by atoms with Crippen molar-refractivity contribution >= 4 is 13.9 Å². The van der Waals surface area contributed by atoms with E-state index in [9.17, 15) is 0 Å². The molecule has 0 spiro atoms. The predicted molar refractivity (Wildman–Crippen MR) is 43.9 cm³/mol. The second-order valence-corrected chi connectivity index (χ2v) is 4.06. The van der Waals surface area contributed by atoms with Crippen molar-refractivity contribution in [2.24, 2.45) is 5.92 Å². The Hall–Kier alpha value is 0.180. The Morgan fingerprint density at radius 1 is 1.60 bits per heavy atom. The van der Waals surface area contributed by atoms with Gasteiger partial charge in [-0.1, -0.05) is 20.3 Å². The van der Waals surface area contributed by atoms with Gasteiger partial charge in [-0.15, -0.1) is 0 Å². The minimum Gasteiger partial charge on any atom is -0.333 e. The van der Waals surface area contributed by atoms with E-state index in [1.54, 1.807) is 0 Å². The van der Waals surface area contributed by atoms with Crippen LogP contribution in [-0.2, 0) is 4.52 Å². The Balaban J connectivity index is 3.46. The first-order valence-corrected chi connectivity index (χ1v) is 5.09. The van der Waals surface area contributed by atoms with Crippen LogP contribution in [-0.4, -0.2) is 22.7 Å². The standard InChI is InChI=1S/C6H15O3P/c1-4-6(2)5-9-10(3,7)8/h6-8H,3-5H2,1-2H3/t6-/m0/s1. The molecule has 62 valence electrons. The van der Waals surface area contributed by atoms with E-state index in [2.05, 4.69) is 6.30 Å². The monoisotopic (exact) mass is 166 g/mol. The molecule has 0 saturated carbocycles. The molecule has 0 rings (SSSR count). The Morgan fingerprint density at radius 2 is 2.10 bits per heavy atom. The minimum absolute atomic E-state index is 0.362. The lowest BCUT2D eigenvalue weighted by atomic mass is 10.1. The molecule has 4 heteroatoms. The predicted octanol–water partition coefficient (Wildman–Crippen LogP) is 1.23. The van der Waals surface area contributed by atoms with Crippen molar-refractivity contribution in [3.05, 3.63) is 0 Å². The number of hydrogen-bond donors (Lipinski definition) is 2. The summed E-state index contributed by atoms with van der Waals surface area (Å²) in [5.74, 6) is 0.362. The van der Waals surface area contributed by atoms with E-state index in [0.717, 1.165) is 6.42 Å². The normalized spacial score (nSPS) is 15.2. The van der Waals surface area contributed by atoms with Gasteiger partial charge >= 0.3 is 0 Å². The van der Waals surface area contributed by atoms with Gasteiger partial charge in [-0.05, 0) is 12.2 Å². The Morgan fingerprint density at radius 3 is 2.40 bits per heavy atom. The molecule has 2 N–H and O–H groups in total. The lowest BCUT2D eigenvalue weighted by Crippen LogP contribution is -2.02. The van der Waals surface area contributed by atoms with Crippen molar-refractivity contribution < 1.29 is 14.3 Å². The van der Waals surface area contributed by atoms with E-state index in [1.807, 2.05) is 13.8 Å². The molecule has 3 nitrogen and oxygen atoms in total. The van der Waals surface area contributed by atoms with Crippen LogP contribution in [0.2, 0.25) is 0 Å². The van der Waals surface area contributed by atoms with E-state index in [0.29, 0.717) is 12.5 Å². The zero-order valence-corrected chi connectivity index (χ0v) is 7.34. The molecular weight excluding hydrogens is 151 g/mol. The summed E-state index contributed by atoms with van der Waals surface area (Å²) >= 11 is 0. The molecule has 1 atom stereocenters. The molecule has 0 radical (unpaired) electrons. The second kappa shape index (κ2) is 4.14. The molecular formula is C6H15O3P. The third kappa shape index (κ3) is 6.30. The maximum absolute atomic E-state index is 8.70. The summed E-state index contributed by atoms with van der Waals surface area (Å²) < 4.78 is 4.69. The topological polar surface area (TPSA) is 49.7 Å². The van der Waals surface area contributed by atoms with Crippen molar-refractivity contribution in [1.29, 1.82) is 0 Å². The molecule has 0 aromatic rings. The van der Waals surface area contributed by atoms with E-state index >= 15 is 0 Å². The highest BCUT2D eigenvalue weighted by molar-refractivity contribution is 7.57. The van der Waals surface area contributed by atoms with E-state index in [1.165, 1.54) is 0 Å². The first-order chi connectivity index (χ1) is 4.45. The van der Waals surface area contributed by atoms with Crippen LogP contribution in [0.25, 0.3) is 0 Å². The summed E-state index contributed by atoms with van der Waals surface area (Å²) in [4.78, 5) is 17.4. The summed E-state index contributed by atoms with van der Waals surface area (Å²) in [6, 6.07) is 0.